The van der Waals surface area contributed by atoms with Crippen LogP contribution in [0.2, 0.25) is 0 Å². The van der Waals surface area contributed by atoms with Crippen LogP contribution in [0.5, 0.6) is 0 Å². The zero-order valence-electron chi connectivity index (χ0n) is 8.80. The monoisotopic (exact) mass is 296 g/mol. The molecule has 84 valence electrons. The van der Waals surface area contributed by atoms with Gasteiger partial charge >= 0.3 is 0 Å². The van der Waals surface area contributed by atoms with E-state index in [0.29, 0.717) is 0 Å². The molecule has 0 radical (unpaired) electrons. The minimum absolute atomic E-state index is 0.863. The van der Waals surface area contributed by atoms with Gasteiger partial charge in [0.2, 0.25) is 0 Å². The molecule has 0 aliphatic rings. The third-order valence-electron chi connectivity index (χ3n) is 2.27. The Bertz CT molecular complexity index is 137. The highest BCUT2D eigenvalue weighted by atomic mass is 79.9. The van der Waals surface area contributed by atoms with Gasteiger partial charge in [0.1, 0.15) is 0 Å². The summed E-state index contributed by atoms with van der Waals surface area (Å²) in [4.78, 5) is 0. The number of unbranched alkanes of at least 4 members (excludes halogenated alkanes) is 7. The van der Waals surface area contributed by atoms with Gasteiger partial charge < -0.3 is 0 Å². The van der Waals surface area contributed by atoms with E-state index in [4.69, 9.17) is 12.2 Å². The second kappa shape index (κ2) is 12.0. The average Bonchev–Trinajstić information content (AvgIpc) is 2.15. The smallest absolute Gasteiger partial charge is 0.0448 e. The minimum atomic E-state index is 0.863. The summed E-state index contributed by atoms with van der Waals surface area (Å²) < 4.78 is 0.863. The summed E-state index contributed by atoms with van der Waals surface area (Å²) in [5.74, 6) is 0. The molecule has 0 bridgehead atoms. The van der Waals surface area contributed by atoms with Crippen LogP contribution >= 0.6 is 40.8 Å². The maximum Gasteiger partial charge on any atom is 0.0448 e. The Kier molecular flexibility index (Phi) is 12.8. The van der Waals surface area contributed by atoms with Crippen molar-refractivity contribution in [2.24, 2.45) is 0 Å². The van der Waals surface area contributed by atoms with E-state index in [0.717, 1.165) is 15.9 Å². The third kappa shape index (κ3) is 12.9. The normalized spacial score (nSPS) is 10.4. The lowest BCUT2D eigenvalue weighted by molar-refractivity contribution is 0.582. The van der Waals surface area contributed by atoms with Crippen LogP contribution < -0.4 is 0 Å². The molecule has 0 nitrogen and oxygen atoms in total. The summed E-state index contributed by atoms with van der Waals surface area (Å²) in [6, 6.07) is 0. The fraction of sp³-hybridized carbons (Fsp3) is 0.909. The molecular formula is C11H21BrS2. The van der Waals surface area contributed by atoms with Crippen molar-refractivity contribution in [2.45, 2.75) is 57.8 Å². The molecule has 0 saturated carbocycles. The summed E-state index contributed by atoms with van der Waals surface area (Å²) in [5.41, 5.74) is 0. The number of thiol groups is 1. The summed E-state index contributed by atoms with van der Waals surface area (Å²) in [6.07, 6.45) is 11.8. The fourth-order valence-electron chi connectivity index (χ4n) is 1.43. The third-order valence-corrected chi connectivity index (χ3v) is 3.26. The van der Waals surface area contributed by atoms with Crippen molar-refractivity contribution in [3.05, 3.63) is 0 Å². The van der Waals surface area contributed by atoms with Crippen LogP contribution in [0.15, 0.2) is 0 Å². The molecule has 3 heteroatoms. The lowest BCUT2D eigenvalue weighted by Crippen LogP contribution is -1.85. The molecule has 0 atom stereocenters. The number of halogens is 1. The first-order valence-electron chi connectivity index (χ1n) is 5.55. The molecule has 0 aliphatic carbocycles. The Hall–Kier alpha value is 0.920. The molecule has 0 fully saturated rings. The highest BCUT2D eigenvalue weighted by molar-refractivity contribution is 9.09. The zero-order valence-corrected chi connectivity index (χ0v) is 12.1. The van der Waals surface area contributed by atoms with E-state index < -0.39 is 0 Å². The van der Waals surface area contributed by atoms with Crippen molar-refractivity contribution in [2.75, 3.05) is 5.33 Å². The summed E-state index contributed by atoms with van der Waals surface area (Å²) in [6.45, 7) is 0. The van der Waals surface area contributed by atoms with E-state index in [9.17, 15) is 0 Å². The quantitative estimate of drug-likeness (QED) is 0.252. The Labute approximate surface area is 108 Å². The highest BCUT2D eigenvalue weighted by Gasteiger charge is 1.93. The van der Waals surface area contributed by atoms with Gasteiger partial charge in [-0.05, 0) is 19.3 Å². The van der Waals surface area contributed by atoms with Gasteiger partial charge in [-0.3, -0.25) is 0 Å². The molecule has 14 heavy (non-hydrogen) atoms. The first kappa shape index (κ1) is 14.9. The first-order chi connectivity index (χ1) is 6.77. The summed E-state index contributed by atoms with van der Waals surface area (Å²) in [5, 5.41) is 1.16. The number of hydrogen-bond acceptors (Lipinski definition) is 1. The number of rotatable bonds is 10. The van der Waals surface area contributed by atoms with E-state index in [1.165, 1.54) is 51.4 Å². The largest absolute Gasteiger partial charge is 0.136 e. The van der Waals surface area contributed by atoms with Gasteiger partial charge in [-0.1, -0.05) is 66.7 Å². The molecule has 0 rings (SSSR count). The number of thiocarbonyl (C=S) groups is 1. The van der Waals surface area contributed by atoms with Crippen molar-refractivity contribution in [3.63, 3.8) is 0 Å². The summed E-state index contributed by atoms with van der Waals surface area (Å²) in [7, 11) is 0. The lowest BCUT2D eigenvalue weighted by atomic mass is 10.1. The van der Waals surface area contributed by atoms with Crippen LogP contribution in [0.1, 0.15) is 57.8 Å². The van der Waals surface area contributed by atoms with E-state index >= 15 is 0 Å². The minimum Gasteiger partial charge on any atom is -0.136 e. The maximum atomic E-state index is 4.90. The van der Waals surface area contributed by atoms with Crippen LogP contribution in [0.3, 0.4) is 0 Å². The standard InChI is InChI=1S/C11H21BrS2/c12-10-8-6-4-2-1-3-5-7-9-11(13)14/h1-10H2,(H,13,14). The van der Waals surface area contributed by atoms with E-state index in [2.05, 4.69) is 28.6 Å². The first-order valence-corrected chi connectivity index (χ1v) is 7.53. The summed E-state index contributed by atoms with van der Waals surface area (Å²) >= 11 is 12.5. The fourth-order valence-corrected chi connectivity index (χ4v) is 2.13. The van der Waals surface area contributed by atoms with Crippen molar-refractivity contribution in [1.82, 2.24) is 0 Å². The molecular weight excluding hydrogens is 276 g/mol. The molecule has 0 saturated heterocycles. The Morgan fingerprint density at radius 1 is 0.857 bits per heavy atom. The van der Waals surface area contributed by atoms with Crippen LogP contribution in [0.4, 0.5) is 0 Å². The van der Waals surface area contributed by atoms with E-state index in [1.54, 1.807) is 0 Å². The van der Waals surface area contributed by atoms with Crippen LogP contribution in [-0.2, 0) is 0 Å². The molecule has 0 aromatic carbocycles. The molecule has 0 heterocycles. The Morgan fingerprint density at radius 3 is 1.71 bits per heavy atom. The lowest BCUT2D eigenvalue weighted by Gasteiger charge is -2.00. The molecule has 0 N–H and O–H groups in total. The Morgan fingerprint density at radius 2 is 1.29 bits per heavy atom. The predicted octanol–water partition coefficient (Wildman–Crippen LogP) is 5.15. The van der Waals surface area contributed by atoms with Crippen molar-refractivity contribution < 1.29 is 0 Å². The maximum absolute atomic E-state index is 4.90. The van der Waals surface area contributed by atoms with Gasteiger partial charge in [0.25, 0.3) is 0 Å². The van der Waals surface area contributed by atoms with Crippen LogP contribution in [0.25, 0.3) is 0 Å². The van der Waals surface area contributed by atoms with E-state index in [1.807, 2.05) is 0 Å². The molecule has 0 aromatic heterocycles. The second-order valence-electron chi connectivity index (χ2n) is 3.66. The highest BCUT2D eigenvalue weighted by Crippen LogP contribution is 2.11. The molecule has 0 unspecified atom stereocenters. The SMILES string of the molecule is S=C(S)CCCCCCCCCCBr. The predicted molar refractivity (Wildman–Crippen MR) is 76.9 cm³/mol. The van der Waals surface area contributed by atoms with Gasteiger partial charge in [0.15, 0.2) is 0 Å². The topological polar surface area (TPSA) is 0 Å². The van der Waals surface area contributed by atoms with Gasteiger partial charge in [-0.15, -0.1) is 12.6 Å². The van der Waals surface area contributed by atoms with Crippen molar-refractivity contribution in [1.29, 1.82) is 0 Å². The van der Waals surface area contributed by atoms with Crippen LogP contribution in [-0.4, -0.2) is 9.53 Å². The molecule has 0 spiro atoms. The van der Waals surface area contributed by atoms with Gasteiger partial charge in [0.05, 0.1) is 0 Å². The van der Waals surface area contributed by atoms with Crippen molar-refractivity contribution in [3.8, 4) is 0 Å². The molecule has 0 aromatic rings. The number of hydrogen-bond donors (Lipinski definition) is 1. The van der Waals surface area contributed by atoms with E-state index in [-0.39, 0.29) is 0 Å². The van der Waals surface area contributed by atoms with Gasteiger partial charge in [-0.2, -0.15) is 0 Å². The van der Waals surface area contributed by atoms with Gasteiger partial charge in [0, 0.05) is 9.53 Å². The average molecular weight is 297 g/mol. The van der Waals surface area contributed by atoms with Crippen molar-refractivity contribution >= 4 is 45.0 Å². The van der Waals surface area contributed by atoms with Gasteiger partial charge in [-0.25, -0.2) is 0 Å². The molecule has 0 amide bonds. The van der Waals surface area contributed by atoms with Crippen LogP contribution in [0, 0.1) is 0 Å². The second-order valence-corrected chi connectivity index (χ2v) is 5.79. The molecule has 0 aliphatic heterocycles. The zero-order chi connectivity index (χ0) is 10.6. The number of alkyl halides is 1. The Balaban J connectivity index is 2.88.